The van der Waals surface area contributed by atoms with E-state index in [2.05, 4.69) is 71.6 Å². The number of carbonyl (C=O) groups excluding carboxylic acids is 1. The van der Waals surface area contributed by atoms with Crippen LogP contribution >= 0.6 is 0 Å². The second-order valence-corrected chi connectivity index (χ2v) is 8.56. The number of anilines is 1. The van der Waals surface area contributed by atoms with Crippen LogP contribution in [0.3, 0.4) is 0 Å². The minimum Gasteiger partial charge on any atom is -0.369 e. The van der Waals surface area contributed by atoms with Crippen molar-refractivity contribution in [1.29, 1.82) is 0 Å². The van der Waals surface area contributed by atoms with E-state index < -0.39 is 0 Å². The van der Waals surface area contributed by atoms with E-state index in [9.17, 15) is 4.79 Å². The molecular formula is C25H36N6O. The number of amides is 1. The summed E-state index contributed by atoms with van der Waals surface area (Å²) < 4.78 is 0. The van der Waals surface area contributed by atoms with Crippen LogP contribution in [0.25, 0.3) is 0 Å². The lowest BCUT2D eigenvalue weighted by molar-refractivity contribution is -0.122. The Morgan fingerprint density at radius 2 is 2.06 bits per heavy atom. The maximum absolute atomic E-state index is 11.7. The second kappa shape index (κ2) is 11.5. The number of aliphatic imine (C=N–C) groups is 1. The Kier molecular flexibility index (Phi) is 8.48. The first kappa shape index (κ1) is 23.6. The van der Waals surface area contributed by atoms with E-state index >= 15 is 0 Å². The first-order valence-corrected chi connectivity index (χ1v) is 11.5. The highest BCUT2D eigenvalue weighted by Gasteiger charge is 2.25. The van der Waals surface area contributed by atoms with Crippen molar-refractivity contribution < 1.29 is 4.79 Å². The maximum Gasteiger partial charge on any atom is 0.222 e. The van der Waals surface area contributed by atoms with E-state index in [4.69, 9.17) is 10.7 Å². The molecule has 0 bridgehead atoms. The second-order valence-electron chi connectivity index (χ2n) is 8.56. The molecule has 4 N–H and O–H groups in total. The molecule has 1 amide bonds. The van der Waals surface area contributed by atoms with Gasteiger partial charge in [0.1, 0.15) is 5.82 Å². The fourth-order valence-electron chi connectivity index (χ4n) is 4.01. The molecule has 0 radical (unpaired) electrons. The molecule has 0 saturated carbocycles. The van der Waals surface area contributed by atoms with Gasteiger partial charge in [0.15, 0.2) is 5.96 Å². The highest BCUT2D eigenvalue weighted by molar-refractivity contribution is 5.80. The summed E-state index contributed by atoms with van der Waals surface area (Å²) in [6.45, 7) is 9.97. The Labute approximate surface area is 191 Å². The summed E-state index contributed by atoms with van der Waals surface area (Å²) in [7, 11) is 0. The molecule has 2 aromatic rings. The Morgan fingerprint density at radius 1 is 1.28 bits per heavy atom. The molecular weight excluding hydrogens is 400 g/mol. The van der Waals surface area contributed by atoms with Crippen molar-refractivity contribution >= 4 is 17.7 Å². The molecule has 32 heavy (non-hydrogen) atoms. The molecule has 1 saturated heterocycles. The standard InChI is InChI=1S/C25H36N6O/c1-4-27-25(29-15-19(3)20-11-9-18(2)10-12-20)30-16-21-7-5-13-28-24(21)31-14-6-8-22(17-31)23(26)32/h5,7,9-13,19,22H,4,6,8,14-17H2,1-3H3,(H2,26,32)(H2,27,29,30). The summed E-state index contributed by atoms with van der Waals surface area (Å²) >= 11 is 0. The Morgan fingerprint density at radius 3 is 2.78 bits per heavy atom. The smallest absolute Gasteiger partial charge is 0.222 e. The number of rotatable bonds is 8. The van der Waals surface area contributed by atoms with Crippen LogP contribution < -0.4 is 21.3 Å². The van der Waals surface area contributed by atoms with Crippen LogP contribution in [0, 0.1) is 12.8 Å². The van der Waals surface area contributed by atoms with E-state index in [0.717, 1.165) is 49.8 Å². The number of nitrogens with zero attached hydrogens (tertiary/aromatic N) is 3. The number of pyridine rings is 1. The van der Waals surface area contributed by atoms with E-state index in [-0.39, 0.29) is 11.8 Å². The number of primary amides is 1. The largest absolute Gasteiger partial charge is 0.369 e. The third kappa shape index (κ3) is 6.45. The molecule has 3 rings (SSSR count). The van der Waals surface area contributed by atoms with Crippen LogP contribution in [0.5, 0.6) is 0 Å². The highest BCUT2D eigenvalue weighted by Crippen LogP contribution is 2.25. The average Bonchev–Trinajstić information content (AvgIpc) is 2.81. The first-order chi connectivity index (χ1) is 15.5. The third-order valence-corrected chi connectivity index (χ3v) is 5.96. The molecule has 0 spiro atoms. The zero-order valence-electron chi connectivity index (χ0n) is 19.5. The number of hydrogen-bond donors (Lipinski definition) is 3. The average molecular weight is 437 g/mol. The molecule has 1 aliphatic rings. The van der Waals surface area contributed by atoms with E-state index in [1.807, 2.05) is 6.07 Å². The van der Waals surface area contributed by atoms with Crippen LogP contribution in [0.1, 0.15) is 49.3 Å². The first-order valence-electron chi connectivity index (χ1n) is 11.5. The highest BCUT2D eigenvalue weighted by atomic mass is 16.1. The lowest BCUT2D eigenvalue weighted by atomic mass is 9.97. The summed E-state index contributed by atoms with van der Waals surface area (Å²) in [6, 6.07) is 12.7. The van der Waals surface area contributed by atoms with Gasteiger partial charge in [-0.1, -0.05) is 42.8 Å². The molecule has 2 atom stereocenters. The third-order valence-electron chi connectivity index (χ3n) is 5.96. The Balaban J connectivity index is 1.67. The summed E-state index contributed by atoms with van der Waals surface area (Å²) in [4.78, 5) is 23.3. The molecule has 172 valence electrons. The van der Waals surface area contributed by atoms with Gasteiger partial charge in [-0.3, -0.25) is 4.79 Å². The predicted octanol–water partition coefficient (Wildman–Crippen LogP) is 2.95. The number of carbonyl (C=O) groups is 1. The van der Waals surface area contributed by atoms with E-state index in [1.165, 1.54) is 11.1 Å². The monoisotopic (exact) mass is 436 g/mol. The van der Waals surface area contributed by atoms with Gasteiger partial charge in [-0.2, -0.15) is 0 Å². The van der Waals surface area contributed by atoms with Crippen molar-refractivity contribution in [2.75, 3.05) is 31.1 Å². The molecule has 1 aliphatic heterocycles. The van der Waals surface area contributed by atoms with Gasteiger partial charge in [0.2, 0.25) is 5.91 Å². The van der Waals surface area contributed by atoms with E-state index in [0.29, 0.717) is 19.0 Å². The summed E-state index contributed by atoms with van der Waals surface area (Å²) in [5, 5.41) is 6.80. The van der Waals surface area contributed by atoms with Crippen LogP contribution in [0.15, 0.2) is 47.6 Å². The van der Waals surface area contributed by atoms with Crippen LogP contribution in [-0.4, -0.2) is 43.0 Å². The molecule has 1 fully saturated rings. The topological polar surface area (TPSA) is 95.6 Å². The van der Waals surface area contributed by atoms with Crippen molar-refractivity contribution in [2.45, 2.75) is 46.1 Å². The number of piperidine rings is 1. The van der Waals surface area contributed by atoms with Crippen LogP contribution in [0.4, 0.5) is 5.82 Å². The minimum atomic E-state index is -0.230. The lowest BCUT2D eigenvalue weighted by Gasteiger charge is -2.33. The predicted molar refractivity (Wildman–Crippen MR) is 131 cm³/mol. The molecule has 2 heterocycles. The van der Waals surface area contributed by atoms with Crippen molar-refractivity contribution in [1.82, 2.24) is 15.6 Å². The van der Waals surface area contributed by atoms with E-state index in [1.54, 1.807) is 6.20 Å². The SMILES string of the molecule is CCNC(=NCc1cccnc1N1CCCC(C(N)=O)C1)NCC(C)c1ccc(C)cc1. The molecule has 7 heteroatoms. The van der Waals surface area contributed by atoms with Crippen LogP contribution in [-0.2, 0) is 11.3 Å². The summed E-state index contributed by atoms with van der Waals surface area (Å²) in [5.41, 5.74) is 9.18. The fraction of sp³-hybridized carbons (Fsp3) is 0.480. The lowest BCUT2D eigenvalue weighted by Crippen LogP contribution is -2.42. The van der Waals surface area contributed by atoms with Crippen molar-refractivity contribution in [3.8, 4) is 0 Å². The number of guanidine groups is 1. The number of nitrogens with one attached hydrogen (secondary N) is 2. The van der Waals surface area contributed by atoms with Gasteiger partial charge in [-0.25, -0.2) is 9.98 Å². The summed E-state index contributed by atoms with van der Waals surface area (Å²) in [5.74, 6) is 1.70. The van der Waals surface area contributed by atoms with Crippen molar-refractivity contribution in [3.63, 3.8) is 0 Å². The fourth-order valence-corrected chi connectivity index (χ4v) is 4.01. The van der Waals surface area contributed by atoms with Gasteiger partial charge >= 0.3 is 0 Å². The van der Waals surface area contributed by atoms with Gasteiger partial charge in [-0.15, -0.1) is 0 Å². The van der Waals surface area contributed by atoms with Gasteiger partial charge < -0.3 is 21.3 Å². The molecule has 7 nitrogen and oxygen atoms in total. The maximum atomic E-state index is 11.7. The zero-order chi connectivity index (χ0) is 22.9. The quantitative estimate of drug-likeness (QED) is 0.437. The Bertz CT molecular complexity index is 911. The van der Waals surface area contributed by atoms with Gasteiger partial charge in [-0.05, 0) is 44.2 Å². The number of hydrogen-bond acceptors (Lipinski definition) is 4. The molecule has 2 unspecified atom stereocenters. The molecule has 1 aromatic carbocycles. The Hall–Kier alpha value is -3.09. The normalized spacial score (nSPS) is 17.7. The zero-order valence-corrected chi connectivity index (χ0v) is 19.5. The number of aryl methyl sites for hydroxylation is 1. The van der Waals surface area contributed by atoms with Crippen molar-refractivity contribution in [3.05, 3.63) is 59.3 Å². The van der Waals surface area contributed by atoms with Gasteiger partial charge in [0.25, 0.3) is 0 Å². The van der Waals surface area contributed by atoms with Gasteiger partial charge in [0, 0.05) is 37.9 Å². The minimum absolute atomic E-state index is 0.121. The molecule has 1 aromatic heterocycles. The number of nitrogens with two attached hydrogens (primary N) is 1. The van der Waals surface area contributed by atoms with Crippen LogP contribution in [0.2, 0.25) is 0 Å². The summed E-state index contributed by atoms with van der Waals surface area (Å²) in [6.07, 6.45) is 3.58. The number of aromatic nitrogens is 1. The van der Waals surface area contributed by atoms with Gasteiger partial charge in [0.05, 0.1) is 12.5 Å². The number of benzene rings is 1. The van der Waals surface area contributed by atoms with Crippen molar-refractivity contribution in [2.24, 2.45) is 16.6 Å². The molecule has 0 aliphatic carbocycles.